The number of hydrogen-bond donors (Lipinski definition) is 2. The molecule has 0 bridgehead atoms. The molecular weight excluding hydrogens is 374 g/mol. The van der Waals surface area contributed by atoms with Crippen molar-refractivity contribution in [3.8, 4) is 0 Å². The number of sulfone groups is 1. The molecule has 1 aromatic rings. The molecule has 1 aliphatic heterocycles. The maximum absolute atomic E-state index is 12.2. The molecule has 2 unspecified atom stereocenters. The van der Waals surface area contributed by atoms with Crippen LogP contribution < -0.4 is 10.6 Å². The van der Waals surface area contributed by atoms with Crippen molar-refractivity contribution >= 4 is 15.8 Å². The van der Waals surface area contributed by atoms with E-state index in [2.05, 4.69) is 46.8 Å². The molecule has 158 valence electrons. The average molecular weight is 410 g/mol. The summed E-state index contributed by atoms with van der Waals surface area (Å²) in [4.78, 5) is 4.22. The van der Waals surface area contributed by atoms with Crippen LogP contribution in [0.3, 0.4) is 0 Å². The van der Waals surface area contributed by atoms with Crippen LogP contribution >= 0.6 is 0 Å². The quantitative estimate of drug-likeness (QED) is 0.558. The topological polar surface area (TPSA) is 79.8 Å². The van der Waals surface area contributed by atoms with E-state index in [0.717, 1.165) is 26.0 Å². The molecule has 7 heteroatoms. The first-order chi connectivity index (χ1) is 13.1. The number of guanidine groups is 1. The summed E-state index contributed by atoms with van der Waals surface area (Å²) in [5.41, 5.74) is 2.44. The number of ether oxygens (including phenoxy) is 1. The Morgan fingerprint density at radius 2 is 1.89 bits per heavy atom. The number of aryl methyl sites for hydroxylation is 1. The summed E-state index contributed by atoms with van der Waals surface area (Å²) in [7, 11) is -1.45. The smallest absolute Gasteiger partial charge is 0.191 e. The zero-order valence-corrected chi connectivity index (χ0v) is 18.6. The van der Waals surface area contributed by atoms with Gasteiger partial charge in [-0.25, -0.2) is 8.42 Å². The van der Waals surface area contributed by atoms with E-state index in [4.69, 9.17) is 4.74 Å². The highest BCUT2D eigenvalue weighted by atomic mass is 32.2. The van der Waals surface area contributed by atoms with E-state index in [9.17, 15) is 8.42 Å². The highest BCUT2D eigenvalue weighted by molar-refractivity contribution is 7.92. The molecule has 0 aliphatic carbocycles. The third-order valence-electron chi connectivity index (χ3n) is 5.20. The number of hydrogen-bond acceptors (Lipinski definition) is 4. The molecule has 1 heterocycles. The summed E-state index contributed by atoms with van der Waals surface area (Å²) in [5, 5.41) is 6.46. The molecule has 0 amide bonds. The van der Waals surface area contributed by atoms with E-state index in [-0.39, 0.29) is 11.9 Å². The van der Waals surface area contributed by atoms with Crippen molar-refractivity contribution in [2.24, 2.45) is 10.9 Å². The van der Waals surface area contributed by atoms with Crippen molar-refractivity contribution in [1.82, 2.24) is 10.6 Å². The standard InChI is InChI=1S/C21H35N3O3S/c1-16-8-10-17(11-9-16)19-18(7-6-13-27-19)15-24-20(22-5)23-12-14-28(25,26)21(2,3)4/h8-11,18-19H,6-7,12-15H2,1-5H3,(H2,22,23,24). The Hall–Kier alpha value is -1.60. The van der Waals surface area contributed by atoms with Crippen molar-refractivity contribution < 1.29 is 13.2 Å². The Morgan fingerprint density at radius 1 is 1.21 bits per heavy atom. The summed E-state index contributed by atoms with van der Waals surface area (Å²) in [6.45, 7) is 9.11. The number of nitrogens with zero attached hydrogens (tertiary/aromatic N) is 1. The first kappa shape index (κ1) is 22.7. The van der Waals surface area contributed by atoms with Gasteiger partial charge in [0.25, 0.3) is 0 Å². The minimum absolute atomic E-state index is 0.0706. The molecule has 28 heavy (non-hydrogen) atoms. The summed E-state index contributed by atoms with van der Waals surface area (Å²) in [5.74, 6) is 1.04. The normalized spacial score (nSPS) is 21.4. The summed E-state index contributed by atoms with van der Waals surface area (Å²) >= 11 is 0. The van der Waals surface area contributed by atoms with Crippen LogP contribution in [0.4, 0.5) is 0 Å². The van der Waals surface area contributed by atoms with Gasteiger partial charge in [-0.15, -0.1) is 0 Å². The first-order valence-electron chi connectivity index (χ1n) is 9.99. The Labute approximate surface area is 170 Å². The summed E-state index contributed by atoms with van der Waals surface area (Å²) in [6.07, 6.45) is 2.20. The monoisotopic (exact) mass is 409 g/mol. The lowest BCUT2D eigenvalue weighted by Crippen LogP contribution is -2.44. The molecule has 1 aliphatic rings. The van der Waals surface area contributed by atoms with Crippen LogP contribution in [0.5, 0.6) is 0 Å². The number of aliphatic imine (C=N–C) groups is 1. The maximum atomic E-state index is 12.2. The van der Waals surface area contributed by atoms with Crippen molar-refractivity contribution in [3.05, 3.63) is 35.4 Å². The van der Waals surface area contributed by atoms with Crippen molar-refractivity contribution in [2.45, 2.75) is 51.4 Å². The van der Waals surface area contributed by atoms with Crippen molar-refractivity contribution in [1.29, 1.82) is 0 Å². The minimum Gasteiger partial charge on any atom is -0.373 e. The lowest BCUT2D eigenvalue weighted by atomic mass is 9.89. The van der Waals surface area contributed by atoms with Crippen LogP contribution in [0.2, 0.25) is 0 Å². The van der Waals surface area contributed by atoms with Crippen LogP contribution in [0.15, 0.2) is 29.3 Å². The van der Waals surface area contributed by atoms with Crippen molar-refractivity contribution in [2.75, 3.05) is 32.5 Å². The van der Waals surface area contributed by atoms with Crippen LogP contribution in [0.1, 0.15) is 50.8 Å². The highest BCUT2D eigenvalue weighted by Crippen LogP contribution is 2.33. The fourth-order valence-electron chi connectivity index (χ4n) is 3.24. The zero-order valence-electron chi connectivity index (χ0n) is 17.8. The van der Waals surface area contributed by atoms with Gasteiger partial charge in [0.05, 0.1) is 16.6 Å². The molecule has 1 aromatic carbocycles. The van der Waals surface area contributed by atoms with Crippen LogP contribution in [-0.2, 0) is 14.6 Å². The number of rotatable bonds is 6. The fraction of sp³-hybridized carbons (Fsp3) is 0.667. The lowest BCUT2D eigenvalue weighted by molar-refractivity contribution is -0.0265. The van der Waals surface area contributed by atoms with E-state index >= 15 is 0 Å². The van der Waals surface area contributed by atoms with Crippen LogP contribution in [0, 0.1) is 12.8 Å². The predicted octanol–water partition coefficient (Wildman–Crippen LogP) is 2.84. The molecule has 2 atom stereocenters. The van der Waals surface area contributed by atoms with Gasteiger partial charge in [0.2, 0.25) is 0 Å². The summed E-state index contributed by atoms with van der Waals surface area (Å²) in [6, 6.07) is 8.52. The average Bonchev–Trinajstić information content (AvgIpc) is 2.64. The van der Waals surface area contributed by atoms with Gasteiger partial charge in [-0.05, 0) is 46.1 Å². The molecule has 6 nitrogen and oxygen atoms in total. The molecule has 2 N–H and O–H groups in total. The fourth-order valence-corrected chi connectivity index (χ4v) is 4.22. The van der Waals surface area contributed by atoms with Crippen molar-refractivity contribution in [3.63, 3.8) is 0 Å². The molecule has 1 fully saturated rings. The van der Waals surface area contributed by atoms with Crippen LogP contribution in [-0.4, -0.2) is 51.6 Å². The molecule has 0 saturated carbocycles. The van der Waals surface area contributed by atoms with Crippen LogP contribution in [0.25, 0.3) is 0 Å². The molecule has 1 saturated heterocycles. The molecule has 0 radical (unpaired) electrons. The Morgan fingerprint density at radius 3 is 2.50 bits per heavy atom. The second-order valence-corrected chi connectivity index (χ2v) is 11.3. The predicted molar refractivity (Wildman–Crippen MR) is 116 cm³/mol. The summed E-state index contributed by atoms with van der Waals surface area (Å²) < 4.78 is 29.8. The van der Waals surface area contributed by atoms with Gasteiger partial charge in [-0.2, -0.15) is 0 Å². The van der Waals surface area contributed by atoms with Gasteiger partial charge in [0.1, 0.15) is 0 Å². The Bertz CT molecular complexity index is 752. The maximum Gasteiger partial charge on any atom is 0.191 e. The van der Waals surface area contributed by atoms with Gasteiger partial charge in [0, 0.05) is 32.7 Å². The second-order valence-electron chi connectivity index (χ2n) is 8.42. The molecule has 0 spiro atoms. The minimum atomic E-state index is -3.15. The van der Waals surface area contributed by atoms with Gasteiger partial charge in [-0.1, -0.05) is 29.8 Å². The number of benzene rings is 1. The van der Waals surface area contributed by atoms with E-state index in [1.165, 1.54) is 11.1 Å². The van der Waals surface area contributed by atoms with E-state index < -0.39 is 14.6 Å². The molecule has 2 rings (SSSR count). The van der Waals surface area contributed by atoms with E-state index in [0.29, 0.717) is 18.4 Å². The van der Waals surface area contributed by atoms with Gasteiger partial charge in [0.15, 0.2) is 15.8 Å². The lowest BCUT2D eigenvalue weighted by Gasteiger charge is -2.32. The van der Waals surface area contributed by atoms with Gasteiger partial charge >= 0.3 is 0 Å². The van der Waals surface area contributed by atoms with Gasteiger partial charge < -0.3 is 15.4 Å². The second kappa shape index (κ2) is 9.74. The SMILES string of the molecule is CN=C(NCCS(=O)(=O)C(C)(C)C)NCC1CCCOC1c1ccc(C)cc1. The third-order valence-corrected chi connectivity index (χ3v) is 7.81. The Balaban J connectivity index is 1.89. The Kier molecular flexibility index (Phi) is 7.89. The first-order valence-corrected chi connectivity index (χ1v) is 11.6. The third kappa shape index (κ3) is 6.21. The molecule has 0 aromatic heterocycles. The molecular formula is C21H35N3O3S. The van der Waals surface area contributed by atoms with Gasteiger partial charge in [-0.3, -0.25) is 4.99 Å². The van der Waals surface area contributed by atoms with E-state index in [1.54, 1.807) is 27.8 Å². The highest BCUT2D eigenvalue weighted by Gasteiger charge is 2.29. The zero-order chi connectivity index (χ0) is 20.8. The number of nitrogens with one attached hydrogen (secondary N) is 2. The largest absolute Gasteiger partial charge is 0.373 e. The van der Waals surface area contributed by atoms with E-state index in [1.807, 2.05) is 0 Å².